The van der Waals surface area contributed by atoms with Crippen LogP contribution < -0.4 is 15.4 Å². The summed E-state index contributed by atoms with van der Waals surface area (Å²) in [6.07, 6.45) is 0.816. The number of hydrogen-bond acceptors (Lipinski definition) is 4. The van der Waals surface area contributed by atoms with Crippen molar-refractivity contribution in [3.8, 4) is 0 Å². The van der Waals surface area contributed by atoms with Crippen molar-refractivity contribution in [2.45, 2.75) is 37.6 Å². The van der Waals surface area contributed by atoms with Crippen molar-refractivity contribution >= 4 is 21.8 Å². The number of rotatable bonds is 6. The molecule has 1 aromatic rings. The molecule has 0 aromatic heterocycles. The number of amides is 2. The van der Waals surface area contributed by atoms with Gasteiger partial charge in [0, 0.05) is 19.5 Å². The van der Waals surface area contributed by atoms with Gasteiger partial charge < -0.3 is 10.6 Å². The van der Waals surface area contributed by atoms with Gasteiger partial charge in [0.15, 0.2) is 0 Å². The molecule has 0 saturated carbocycles. The van der Waals surface area contributed by atoms with Gasteiger partial charge in [0.25, 0.3) is 0 Å². The molecule has 0 spiro atoms. The zero-order valence-corrected chi connectivity index (χ0v) is 14.0. The van der Waals surface area contributed by atoms with Gasteiger partial charge in [-0.2, -0.15) is 0 Å². The highest BCUT2D eigenvalue weighted by molar-refractivity contribution is 7.89. The minimum absolute atomic E-state index is 0.0854. The molecular formula is C15H21N3O4S. The summed E-state index contributed by atoms with van der Waals surface area (Å²) in [6, 6.07) is 4.71. The molecule has 0 aliphatic carbocycles. The van der Waals surface area contributed by atoms with Gasteiger partial charge in [0.2, 0.25) is 21.8 Å². The summed E-state index contributed by atoms with van der Waals surface area (Å²) >= 11 is 0. The van der Waals surface area contributed by atoms with Crippen LogP contribution in [0.25, 0.3) is 0 Å². The number of aryl methyl sites for hydroxylation is 2. The minimum Gasteiger partial charge on any atom is -0.353 e. The number of benzene rings is 1. The average molecular weight is 339 g/mol. The van der Waals surface area contributed by atoms with Crippen molar-refractivity contribution in [2.75, 3.05) is 13.1 Å². The Morgan fingerprint density at radius 3 is 2.70 bits per heavy atom. The molecule has 0 bridgehead atoms. The topological polar surface area (TPSA) is 104 Å². The van der Waals surface area contributed by atoms with E-state index in [1.807, 2.05) is 13.0 Å². The highest BCUT2D eigenvalue weighted by atomic mass is 32.2. The van der Waals surface area contributed by atoms with Crippen LogP contribution in [-0.2, 0) is 19.6 Å². The molecule has 1 fully saturated rings. The fourth-order valence-corrected chi connectivity index (χ4v) is 3.74. The Labute approximate surface area is 135 Å². The molecule has 0 unspecified atom stereocenters. The van der Waals surface area contributed by atoms with E-state index in [9.17, 15) is 18.0 Å². The van der Waals surface area contributed by atoms with Crippen LogP contribution in [0.15, 0.2) is 23.1 Å². The van der Waals surface area contributed by atoms with Crippen molar-refractivity contribution in [3.05, 3.63) is 29.3 Å². The number of sulfonamides is 1. The van der Waals surface area contributed by atoms with E-state index in [4.69, 9.17) is 0 Å². The molecule has 8 heteroatoms. The van der Waals surface area contributed by atoms with Crippen LogP contribution in [0.4, 0.5) is 0 Å². The van der Waals surface area contributed by atoms with E-state index in [0.717, 1.165) is 5.56 Å². The Kier molecular flexibility index (Phi) is 5.38. The Bertz CT molecular complexity index is 715. The summed E-state index contributed by atoms with van der Waals surface area (Å²) in [5, 5.41) is 5.18. The molecule has 7 nitrogen and oxygen atoms in total. The lowest BCUT2D eigenvalue weighted by atomic mass is 10.2. The summed E-state index contributed by atoms with van der Waals surface area (Å²) in [5.74, 6) is -0.428. The Morgan fingerprint density at radius 2 is 2.04 bits per heavy atom. The van der Waals surface area contributed by atoms with Gasteiger partial charge in [-0.05, 0) is 37.5 Å². The van der Waals surface area contributed by atoms with Crippen LogP contribution in [0.3, 0.4) is 0 Å². The first-order valence-corrected chi connectivity index (χ1v) is 8.92. The number of hydrogen-bond donors (Lipinski definition) is 3. The molecule has 1 aliphatic heterocycles. The SMILES string of the molecule is Cc1ccc(C)c(S(=O)(=O)NCCNC(=O)[C@@H]2CCC(=O)N2)c1. The lowest BCUT2D eigenvalue weighted by molar-refractivity contribution is -0.125. The highest BCUT2D eigenvalue weighted by Crippen LogP contribution is 2.16. The maximum Gasteiger partial charge on any atom is 0.242 e. The monoisotopic (exact) mass is 339 g/mol. The second-order valence-electron chi connectivity index (χ2n) is 5.62. The molecule has 2 amide bonds. The quantitative estimate of drug-likeness (QED) is 0.633. The standard InChI is InChI=1S/C15H21N3O4S/c1-10-3-4-11(2)13(9-10)23(21,22)17-8-7-16-15(20)12-5-6-14(19)18-12/h3-4,9,12,17H,5-8H2,1-2H3,(H,16,20)(H,18,19)/t12-/m0/s1. The summed E-state index contributed by atoms with van der Waals surface area (Å²) in [5.41, 5.74) is 1.53. The zero-order chi connectivity index (χ0) is 17.0. The predicted molar refractivity (Wildman–Crippen MR) is 85.3 cm³/mol. The first-order valence-electron chi connectivity index (χ1n) is 7.43. The van der Waals surface area contributed by atoms with Gasteiger partial charge in [0.05, 0.1) is 4.90 Å². The maximum absolute atomic E-state index is 12.3. The lowest BCUT2D eigenvalue weighted by Crippen LogP contribution is -2.44. The third kappa shape index (κ3) is 4.52. The van der Waals surface area contributed by atoms with E-state index in [1.165, 1.54) is 0 Å². The molecular weight excluding hydrogens is 318 g/mol. The molecule has 2 rings (SSSR count). The van der Waals surface area contributed by atoms with Crippen molar-refractivity contribution < 1.29 is 18.0 Å². The van der Waals surface area contributed by atoms with Gasteiger partial charge in [-0.3, -0.25) is 9.59 Å². The van der Waals surface area contributed by atoms with Crippen LogP contribution in [0.5, 0.6) is 0 Å². The Balaban J connectivity index is 1.84. The Morgan fingerprint density at radius 1 is 1.30 bits per heavy atom. The number of carbonyl (C=O) groups excluding carboxylic acids is 2. The molecule has 1 aromatic carbocycles. The van der Waals surface area contributed by atoms with Gasteiger partial charge in [-0.25, -0.2) is 13.1 Å². The molecule has 1 aliphatic rings. The van der Waals surface area contributed by atoms with Gasteiger partial charge in [0.1, 0.15) is 6.04 Å². The fourth-order valence-electron chi connectivity index (χ4n) is 2.38. The first-order chi connectivity index (χ1) is 10.8. The van der Waals surface area contributed by atoms with Crippen LogP contribution in [-0.4, -0.2) is 39.4 Å². The van der Waals surface area contributed by atoms with E-state index in [-0.39, 0.29) is 29.8 Å². The van der Waals surface area contributed by atoms with Crippen molar-refractivity contribution in [1.29, 1.82) is 0 Å². The molecule has 23 heavy (non-hydrogen) atoms. The third-order valence-electron chi connectivity index (χ3n) is 3.66. The normalized spacial score (nSPS) is 17.8. The summed E-state index contributed by atoms with van der Waals surface area (Å²) in [4.78, 5) is 23.1. The maximum atomic E-state index is 12.3. The predicted octanol–water partition coefficient (Wildman–Crippen LogP) is -0.0235. The second-order valence-corrected chi connectivity index (χ2v) is 7.35. The molecule has 1 heterocycles. The van der Waals surface area contributed by atoms with E-state index in [1.54, 1.807) is 19.1 Å². The van der Waals surface area contributed by atoms with Crippen LogP contribution in [0.2, 0.25) is 0 Å². The van der Waals surface area contributed by atoms with Crippen LogP contribution in [0.1, 0.15) is 24.0 Å². The first kappa shape index (κ1) is 17.4. The van der Waals surface area contributed by atoms with E-state index < -0.39 is 16.1 Å². The number of carbonyl (C=O) groups is 2. The average Bonchev–Trinajstić information content (AvgIpc) is 2.92. The molecule has 1 saturated heterocycles. The van der Waals surface area contributed by atoms with E-state index in [0.29, 0.717) is 18.4 Å². The van der Waals surface area contributed by atoms with Crippen molar-refractivity contribution in [2.24, 2.45) is 0 Å². The molecule has 3 N–H and O–H groups in total. The van der Waals surface area contributed by atoms with Gasteiger partial charge in [-0.1, -0.05) is 12.1 Å². The van der Waals surface area contributed by atoms with Crippen molar-refractivity contribution in [1.82, 2.24) is 15.4 Å². The van der Waals surface area contributed by atoms with Crippen molar-refractivity contribution in [3.63, 3.8) is 0 Å². The Hall–Kier alpha value is -1.93. The molecule has 1 atom stereocenters. The summed E-state index contributed by atoms with van der Waals surface area (Å²) < 4.78 is 27.0. The fraction of sp³-hybridized carbons (Fsp3) is 0.467. The number of nitrogens with one attached hydrogen (secondary N) is 3. The van der Waals surface area contributed by atoms with E-state index >= 15 is 0 Å². The third-order valence-corrected chi connectivity index (χ3v) is 5.26. The van der Waals surface area contributed by atoms with Gasteiger partial charge in [-0.15, -0.1) is 0 Å². The lowest BCUT2D eigenvalue weighted by Gasteiger charge is -2.12. The van der Waals surface area contributed by atoms with Gasteiger partial charge >= 0.3 is 0 Å². The van der Waals surface area contributed by atoms with Crippen LogP contribution in [0, 0.1) is 13.8 Å². The second kappa shape index (κ2) is 7.10. The summed E-state index contributed by atoms with van der Waals surface area (Å²) in [7, 11) is -3.61. The molecule has 0 radical (unpaired) electrons. The molecule has 126 valence electrons. The smallest absolute Gasteiger partial charge is 0.242 e. The highest BCUT2D eigenvalue weighted by Gasteiger charge is 2.26. The van der Waals surface area contributed by atoms with E-state index in [2.05, 4.69) is 15.4 Å². The van der Waals surface area contributed by atoms with Crippen LogP contribution >= 0.6 is 0 Å². The minimum atomic E-state index is -3.61. The largest absolute Gasteiger partial charge is 0.353 e. The zero-order valence-electron chi connectivity index (χ0n) is 13.2. The summed E-state index contributed by atoms with van der Waals surface area (Å²) in [6.45, 7) is 3.81.